The highest BCUT2D eigenvalue weighted by atomic mass is 16.5. The maximum Gasteiger partial charge on any atom is 0.119 e. The summed E-state index contributed by atoms with van der Waals surface area (Å²) in [6.07, 6.45) is 2.39. The Bertz CT molecular complexity index is 700. The molecule has 126 valence electrons. The number of aryl methyl sites for hydroxylation is 1. The summed E-state index contributed by atoms with van der Waals surface area (Å²) in [5.41, 5.74) is 4.28. The normalized spacial score (nSPS) is 21.8. The zero-order valence-corrected chi connectivity index (χ0v) is 14.6. The van der Waals surface area contributed by atoms with Gasteiger partial charge < -0.3 is 9.64 Å². The summed E-state index contributed by atoms with van der Waals surface area (Å²) in [5.74, 6) is 0.975. The van der Waals surface area contributed by atoms with E-state index in [0.717, 1.165) is 31.8 Å². The molecule has 2 atom stereocenters. The van der Waals surface area contributed by atoms with Crippen LogP contribution in [0, 0.1) is 0 Å². The van der Waals surface area contributed by atoms with Crippen LogP contribution >= 0.6 is 0 Å². The van der Waals surface area contributed by atoms with Crippen LogP contribution in [0.4, 0.5) is 5.69 Å². The lowest BCUT2D eigenvalue weighted by Gasteiger charge is -2.47. The Morgan fingerprint density at radius 2 is 1.92 bits per heavy atom. The topological polar surface area (TPSA) is 15.7 Å². The van der Waals surface area contributed by atoms with E-state index in [9.17, 15) is 0 Å². The Morgan fingerprint density at radius 3 is 2.71 bits per heavy atom. The van der Waals surface area contributed by atoms with Crippen LogP contribution in [-0.4, -0.2) is 37.7 Å². The minimum absolute atomic E-state index is 0.491. The molecule has 0 N–H and O–H groups in total. The van der Waals surface area contributed by atoms with Crippen molar-refractivity contribution in [2.24, 2.45) is 0 Å². The van der Waals surface area contributed by atoms with Gasteiger partial charge in [-0.05, 0) is 49.1 Å². The number of fused-ring (bicyclic) bond motifs is 3. The van der Waals surface area contributed by atoms with Gasteiger partial charge in [0.05, 0.1) is 7.11 Å². The Kier molecular flexibility index (Phi) is 4.19. The zero-order valence-electron chi connectivity index (χ0n) is 14.6. The second kappa shape index (κ2) is 6.48. The van der Waals surface area contributed by atoms with E-state index in [1.807, 2.05) is 0 Å². The summed E-state index contributed by atoms with van der Waals surface area (Å²) in [6, 6.07) is 18.6. The average Bonchev–Trinajstić information content (AvgIpc) is 2.67. The third-order valence-electron chi connectivity index (χ3n) is 5.69. The summed E-state index contributed by atoms with van der Waals surface area (Å²) in [7, 11) is 1.75. The van der Waals surface area contributed by atoms with Crippen molar-refractivity contribution in [3.63, 3.8) is 0 Å². The fraction of sp³-hybridized carbons (Fsp3) is 0.429. The summed E-state index contributed by atoms with van der Waals surface area (Å²) >= 11 is 0. The lowest BCUT2D eigenvalue weighted by atomic mass is 9.92. The molecule has 3 nitrogen and oxygen atoms in total. The van der Waals surface area contributed by atoms with Crippen molar-refractivity contribution in [3.05, 3.63) is 59.7 Å². The van der Waals surface area contributed by atoms with Gasteiger partial charge in [0.2, 0.25) is 0 Å². The Labute approximate surface area is 144 Å². The van der Waals surface area contributed by atoms with Crippen LogP contribution in [0.5, 0.6) is 5.75 Å². The van der Waals surface area contributed by atoms with Crippen molar-refractivity contribution in [1.82, 2.24) is 4.90 Å². The first-order chi connectivity index (χ1) is 11.8. The Morgan fingerprint density at radius 1 is 1.08 bits per heavy atom. The summed E-state index contributed by atoms with van der Waals surface area (Å²) in [5, 5.41) is 0. The van der Waals surface area contributed by atoms with Gasteiger partial charge in [-0.3, -0.25) is 4.90 Å². The third kappa shape index (κ3) is 2.78. The van der Waals surface area contributed by atoms with E-state index in [1.54, 1.807) is 7.11 Å². The van der Waals surface area contributed by atoms with Gasteiger partial charge >= 0.3 is 0 Å². The molecule has 0 bridgehead atoms. The van der Waals surface area contributed by atoms with Crippen LogP contribution in [0.1, 0.15) is 30.5 Å². The number of hydrogen-bond donors (Lipinski definition) is 0. The lowest BCUT2D eigenvalue weighted by Crippen LogP contribution is -2.55. The van der Waals surface area contributed by atoms with Crippen LogP contribution in [0.25, 0.3) is 0 Å². The molecule has 1 saturated heterocycles. The van der Waals surface area contributed by atoms with Gasteiger partial charge in [-0.25, -0.2) is 0 Å². The molecular formula is C21H26N2O. The van der Waals surface area contributed by atoms with E-state index in [1.165, 1.54) is 23.2 Å². The SMILES string of the molecule is COc1ccc2c(c1)CC[C@@H]1CN([C@@H](C)c3ccccc3)CCN21. The molecule has 0 amide bonds. The first-order valence-electron chi connectivity index (χ1n) is 8.99. The number of benzene rings is 2. The van der Waals surface area contributed by atoms with Crippen LogP contribution < -0.4 is 9.64 Å². The van der Waals surface area contributed by atoms with Crippen molar-refractivity contribution in [2.75, 3.05) is 31.6 Å². The third-order valence-corrected chi connectivity index (χ3v) is 5.69. The number of anilines is 1. The molecule has 2 aromatic carbocycles. The van der Waals surface area contributed by atoms with Crippen LogP contribution in [0.3, 0.4) is 0 Å². The number of piperazine rings is 1. The highest BCUT2D eigenvalue weighted by Gasteiger charge is 2.33. The molecule has 0 radical (unpaired) electrons. The number of rotatable bonds is 3. The second-order valence-electron chi connectivity index (χ2n) is 6.96. The molecule has 2 aromatic rings. The van der Waals surface area contributed by atoms with Crippen molar-refractivity contribution < 1.29 is 4.74 Å². The fourth-order valence-electron chi connectivity index (χ4n) is 4.23. The monoisotopic (exact) mass is 322 g/mol. The largest absolute Gasteiger partial charge is 0.497 e. The van der Waals surface area contributed by atoms with E-state index < -0.39 is 0 Å². The summed E-state index contributed by atoms with van der Waals surface area (Å²) < 4.78 is 5.39. The van der Waals surface area contributed by atoms with Crippen molar-refractivity contribution in [3.8, 4) is 5.75 Å². The fourth-order valence-corrected chi connectivity index (χ4v) is 4.23. The predicted molar refractivity (Wildman–Crippen MR) is 98.9 cm³/mol. The van der Waals surface area contributed by atoms with Crippen molar-refractivity contribution >= 4 is 5.69 Å². The van der Waals surface area contributed by atoms with E-state index >= 15 is 0 Å². The molecule has 2 heterocycles. The number of hydrogen-bond acceptors (Lipinski definition) is 3. The van der Waals surface area contributed by atoms with Gasteiger partial charge in [0, 0.05) is 37.4 Å². The van der Waals surface area contributed by atoms with Crippen LogP contribution in [0.15, 0.2) is 48.5 Å². The van der Waals surface area contributed by atoms with E-state index in [2.05, 4.69) is 65.3 Å². The number of methoxy groups -OCH3 is 1. The van der Waals surface area contributed by atoms with E-state index in [0.29, 0.717) is 12.1 Å². The first-order valence-corrected chi connectivity index (χ1v) is 8.99. The summed E-state index contributed by atoms with van der Waals surface area (Å²) in [4.78, 5) is 5.26. The number of nitrogens with zero attached hydrogens (tertiary/aromatic N) is 2. The standard InChI is InChI=1S/C21H26N2O/c1-16(17-6-4-3-5-7-17)22-12-13-23-19(15-22)9-8-18-14-20(24-2)10-11-21(18)23/h3-7,10-11,14,16,19H,8-9,12-13,15H2,1-2H3/t16-,19+/m0/s1. The molecule has 0 unspecified atom stereocenters. The van der Waals surface area contributed by atoms with Crippen molar-refractivity contribution in [1.29, 1.82) is 0 Å². The quantitative estimate of drug-likeness (QED) is 0.852. The molecule has 1 fully saturated rings. The zero-order chi connectivity index (χ0) is 16.5. The predicted octanol–water partition coefficient (Wildman–Crippen LogP) is 3.89. The molecule has 0 saturated carbocycles. The molecule has 0 aromatic heterocycles. The minimum Gasteiger partial charge on any atom is -0.497 e. The van der Waals surface area contributed by atoms with Gasteiger partial charge in [0.25, 0.3) is 0 Å². The molecule has 2 aliphatic heterocycles. The van der Waals surface area contributed by atoms with Gasteiger partial charge in [0.1, 0.15) is 5.75 Å². The molecule has 3 heteroatoms. The van der Waals surface area contributed by atoms with Gasteiger partial charge in [0.15, 0.2) is 0 Å². The molecule has 0 spiro atoms. The summed E-state index contributed by atoms with van der Waals surface area (Å²) in [6.45, 7) is 5.73. The maximum absolute atomic E-state index is 5.39. The Balaban J connectivity index is 1.51. The molecule has 4 rings (SSSR count). The molecule has 2 aliphatic rings. The van der Waals surface area contributed by atoms with Gasteiger partial charge in [-0.2, -0.15) is 0 Å². The smallest absolute Gasteiger partial charge is 0.119 e. The molecule has 24 heavy (non-hydrogen) atoms. The van der Waals surface area contributed by atoms with Crippen molar-refractivity contribution in [2.45, 2.75) is 31.8 Å². The van der Waals surface area contributed by atoms with Gasteiger partial charge in [-0.15, -0.1) is 0 Å². The highest BCUT2D eigenvalue weighted by molar-refractivity contribution is 5.59. The lowest BCUT2D eigenvalue weighted by molar-refractivity contribution is 0.165. The van der Waals surface area contributed by atoms with Crippen LogP contribution in [-0.2, 0) is 6.42 Å². The number of ether oxygens (including phenoxy) is 1. The maximum atomic E-state index is 5.39. The van der Waals surface area contributed by atoms with E-state index in [4.69, 9.17) is 4.74 Å². The van der Waals surface area contributed by atoms with E-state index in [-0.39, 0.29) is 0 Å². The molecule has 0 aliphatic carbocycles. The van der Waals surface area contributed by atoms with Gasteiger partial charge in [-0.1, -0.05) is 30.3 Å². The highest BCUT2D eigenvalue weighted by Crippen LogP contribution is 2.36. The molecular weight excluding hydrogens is 296 g/mol. The van der Waals surface area contributed by atoms with Crippen LogP contribution in [0.2, 0.25) is 0 Å². The average molecular weight is 322 g/mol. The first kappa shape index (κ1) is 15.5. The Hall–Kier alpha value is -2.00. The minimum atomic E-state index is 0.491. The second-order valence-corrected chi connectivity index (χ2v) is 6.96.